The summed E-state index contributed by atoms with van der Waals surface area (Å²) in [7, 11) is -7.71. The molecule has 2 rings (SSSR count). The van der Waals surface area contributed by atoms with Crippen LogP contribution in [0.3, 0.4) is 0 Å². The zero-order valence-corrected chi connectivity index (χ0v) is 14.1. The van der Waals surface area contributed by atoms with Gasteiger partial charge in [0.2, 0.25) is 0 Å². The summed E-state index contributed by atoms with van der Waals surface area (Å²) in [6, 6.07) is 7.15. The van der Waals surface area contributed by atoms with Gasteiger partial charge >= 0.3 is 12.8 Å². The summed E-state index contributed by atoms with van der Waals surface area (Å²) in [5, 5.41) is 0.770. The van der Waals surface area contributed by atoms with Crippen molar-refractivity contribution in [1.82, 2.24) is 0 Å². The Labute approximate surface area is 138 Å². The van der Waals surface area contributed by atoms with Gasteiger partial charge in [-0.15, -0.1) is 13.2 Å². The van der Waals surface area contributed by atoms with Gasteiger partial charge in [0, 0.05) is 17.9 Å². The number of hydrogen-bond donors (Lipinski definition) is 0. The second-order valence-electron chi connectivity index (χ2n) is 5.19. The summed E-state index contributed by atoms with van der Waals surface area (Å²) in [5.74, 6) is 0. The number of aryl methyl sites for hydroxylation is 2. The highest BCUT2D eigenvalue weighted by atomic mass is 32.2. The van der Waals surface area contributed by atoms with Crippen molar-refractivity contribution >= 4 is 27.8 Å². The van der Waals surface area contributed by atoms with Crippen molar-refractivity contribution in [3.63, 3.8) is 0 Å². The van der Waals surface area contributed by atoms with E-state index in [0.717, 1.165) is 30.2 Å². The van der Waals surface area contributed by atoms with Crippen LogP contribution in [0.4, 0.5) is 30.4 Å². The molecule has 0 aliphatic carbocycles. The fraction of sp³-hybridized carbons (Fsp3) is 0.467. The Balaban J connectivity index is 0.000000505. The number of halogens is 7. The summed E-state index contributed by atoms with van der Waals surface area (Å²) in [6.07, 6.45) is 3.14. The molecule has 1 aromatic carbocycles. The predicted molar refractivity (Wildman–Crippen MR) is 85.9 cm³/mol. The Kier molecular flexibility index (Phi) is 7.13. The SMILES string of the molecule is CCCCc1cc2cc(CC)ccc2[s+]1C(F)(F)F.F[B-](F)(F)F. The fourth-order valence-electron chi connectivity index (χ4n) is 2.29. The largest absolute Gasteiger partial charge is 0.673 e. The Morgan fingerprint density at radius 2 is 1.58 bits per heavy atom. The van der Waals surface area contributed by atoms with Crippen LogP contribution in [0, 0.1) is 0 Å². The van der Waals surface area contributed by atoms with E-state index >= 15 is 0 Å². The molecule has 0 saturated carbocycles. The van der Waals surface area contributed by atoms with Crippen LogP contribution in [0.1, 0.15) is 37.1 Å². The normalized spacial score (nSPS) is 13.0. The first-order valence-electron chi connectivity index (χ1n) is 7.49. The zero-order chi connectivity index (χ0) is 18.5. The van der Waals surface area contributed by atoms with Gasteiger partial charge < -0.3 is 17.3 Å². The number of fused-ring (bicyclic) bond motifs is 1. The van der Waals surface area contributed by atoms with Gasteiger partial charge in [0.25, 0.3) is 0 Å². The van der Waals surface area contributed by atoms with E-state index in [4.69, 9.17) is 0 Å². The van der Waals surface area contributed by atoms with E-state index < -0.39 is 23.2 Å². The Hall–Kier alpha value is -1.25. The van der Waals surface area contributed by atoms with Crippen molar-refractivity contribution in [2.45, 2.75) is 45.0 Å². The van der Waals surface area contributed by atoms with E-state index in [-0.39, 0.29) is 0 Å². The molecule has 1 atom stereocenters. The van der Waals surface area contributed by atoms with E-state index in [1.54, 1.807) is 12.1 Å². The van der Waals surface area contributed by atoms with Gasteiger partial charge in [0.05, 0.1) is 10.5 Å². The van der Waals surface area contributed by atoms with E-state index in [1.807, 2.05) is 26.0 Å². The molecule has 136 valence electrons. The minimum absolute atomic E-state index is 0.454. The number of rotatable bonds is 4. The van der Waals surface area contributed by atoms with Crippen LogP contribution in [-0.2, 0) is 18.3 Å². The average molecular weight is 374 g/mol. The molecule has 0 bridgehead atoms. The summed E-state index contributed by atoms with van der Waals surface area (Å²) in [6.45, 7) is 4.02. The highest BCUT2D eigenvalue weighted by molar-refractivity contribution is 7.38. The Morgan fingerprint density at radius 3 is 2.04 bits per heavy atom. The number of hydrogen-bond acceptors (Lipinski definition) is 0. The molecule has 0 radical (unpaired) electrons. The lowest BCUT2D eigenvalue weighted by Crippen LogP contribution is -2.02. The van der Waals surface area contributed by atoms with E-state index in [9.17, 15) is 30.4 Å². The van der Waals surface area contributed by atoms with Crippen LogP contribution in [0.15, 0.2) is 24.3 Å². The number of benzene rings is 1. The van der Waals surface area contributed by atoms with Crippen LogP contribution in [0.25, 0.3) is 10.1 Å². The third kappa shape index (κ3) is 6.34. The number of unbranched alkanes of at least 4 members (excludes halogenated alkanes) is 1. The second-order valence-corrected chi connectivity index (χ2v) is 7.23. The smallest absolute Gasteiger partial charge is 0.418 e. The van der Waals surface area contributed by atoms with Crippen LogP contribution >= 0.6 is 10.5 Å². The maximum absolute atomic E-state index is 13.3. The van der Waals surface area contributed by atoms with Gasteiger partial charge in [0.15, 0.2) is 9.58 Å². The zero-order valence-electron chi connectivity index (χ0n) is 13.3. The molecule has 2 aromatic rings. The van der Waals surface area contributed by atoms with Crippen molar-refractivity contribution in [3.8, 4) is 0 Å². The van der Waals surface area contributed by atoms with E-state index in [0.29, 0.717) is 16.0 Å². The summed E-state index contributed by atoms with van der Waals surface area (Å²) >= 11 is 0. The molecule has 9 heteroatoms. The molecule has 1 unspecified atom stereocenters. The molecular weight excluding hydrogens is 356 g/mol. The third-order valence-electron chi connectivity index (χ3n) is 3.29. The lowest BCUT2D eigenvalue weighted by atomic mass is 10.1. The maximum atomic E-state index is 13.3. The maximum Gasteiger partial charge on any atom is 0.673 e. The molecule has 1 aromatic heterocycles. The summed E-state index contributed by atoms with van der Waals surface area (Å²) in [5.41, 5.74) is -3.06. The van der Waals surface area contributed by atoms with Gasteiger partial charge in [-0.1, -0.05) is 26.3 Å². The lowest BCUT2D eigenvalue weighted by molar-refractivity contribution is -0.0867. The van der Waals surface area contributed by atoms with Crippen molar-refractivity contribution < 1.29 is 30.4 Å². The Morgan fingerprint density at radius 1 is 1.00 bits per heavy atom. The molecule has 0 spiro atoms. The summed E-state index contributed by atoms with van der Waals surface area (Å²) < 4.78 is 79.3. The lowest BCUT2D eigenvalue weighted by Gasteiger charge is -2.00. The van der Waals surface area contributed by atoms with Crippen LogP contribution in [0.2, 0.25) is 0 Å². The first-order chi connectivity index (χ1) is 11.0. The van der Waals surface area contributed by atoms with Gasteiger partial charge in [0.1, 0.15) is 0 Å². The fourth-order valence-corrected chi connectivity index (χ4v) is 4.27. The third-order valence-corrected chi connectivity index (χ3v) is 5.41. The molecule has 24 heavy (non-hydrogen) atoms. The molecule has 0 N–H and O–H groups in total. The first kappa shape index (κ1) is 20.8. The molecule has 0 saturated heterocycles. The monoisotopic (exact) mass is 374 g/mol. The van der Waals surface area contributed by atoms with Crippen molar-refractivity contribution in [2.75, 3.05) is 0 Å². The average Bonchev–Trinajstić information content (AvgIpc) is 2.80. The van der Waals surface area contributed by atoms with Crippen molar-refractivity contribution in [2.24, 2.45) is 0 Å². The first-order valence-corrected chi connectivity index (χ1v) is 8.71. The number of alkyl halides is 3. The molecule has 0 fully saturated rings. The molecule has 0 nitrogen and oxygen atoms in total. The minimum Gasteiger partial charge on any atom is -0.418 e. The standard InChI is InChI=1S/C15H18F3S.BF4/c1-3-5-6-13-10-12-9-11(4-2)7-8-14(12)19(13)15(16,17)18;2-1(3,4)5/h7-10H,3-6H2,1-2H3;/q+1;-1. The molecular formula is C15H18BF7S. The topological polar surface area (TPSA) is 0 Å². The van der Waals surface area contributed by atoms with E-state index in [1.165, 1.54) is 0 Å². The summed E-state index contributed by atoms with van der Waals surface area (Å²) in [4.78, 5) is 0.553. The molecule has 0 amide bonds. The molecule has 1 heterocycles. The molecule has 0 aliphatic heterocycles. The van der Waals surface area contributed by atoms with Crippen LogP contribution in [0.5, 0.6) is 0 Å². The quantitative estimate of drug-likeness (QED) is 0.300. The number of thiophene rings is 1. The van der Waals surface area contributed by atoms with E-state index in [2.05, 4.69) is 0 Å². The second kappa shape index (κ2) is 8.22. The van der Waals surface area contributed by atoms with Gasteiger partial charge in [-0.2, -0.15) is 0 Å². The highest BCUT2D eigenvalue weighted by Crippen LogP contribution is 2.51. The minimum atomic E-state index is -6.00. The predicted octanol–water partition coefficient (Wildman–Crippen LogP) is 7.27. The van der Waals surface area contributed by atoms with Crippen LogP contribution in [-0.4, -0.2) is 7.25 Å². The van der Waals surface area contributed by atoms with Gasteiger partial charge in [-0.3, -0.25) is 0 Å². The molecule has 0 aliphatic rings. The van der Waals surface area contributed by atoms with Crippen molar-refractivity contribution in [3.05, 3.63) is 34.7 Å². The van der Waals surface area contributed by atoms with Crippen molar-refractivity contribution in [1.29, 1.82) is 0 Å². The Bertz CT molecular complexity index is 652. The van der Waals surface area contributed by atoms with Crippen LogP contribution < -0.4 is 0 Å². The van der Waals surface area contributed by atoms with Gasteiger partial charge in [-0.05, 0) is 30.5 Å². The highest BCUT2D eigenvalue weighted by Gasteiger charge is 2.47. The van der Waals surface area contributed by atoms with Gasteiger partial charge in [-0.25, -0.2) is 0 Å².